The van der Waals surface area contributed by atoms with Gasteiger partial charge in [-0.05, 0) is 61.6 Å². The van der Waals surface area contributed by atoms with Crippen molar-refractivity contribution >= 4 is 21.6 Å². The molecule has 0 unspecified atom stereocenters. The number of carbonyl (C=O) groups is 1. The molecule has 0 fully saturated rings. The Bertz CT molecular complexity index is 1210. The number of nitrogens with one attached hydrogen (secondary N) is 1. The molecule has 3 aromatic carbocycles. The lowest BCUT2D eigenvalue weighted by atomic mass is 9.94. The van der Waals surface area contributed by atoms with Gasteiger partial charge in [-0.3, -0.25) is 9.10 Å². The zero-order chi connectivity index (χ0) is 23.5. The molecular formula is C26H30N2O3S. The quantitative estimate of drug-likeness (QED) is 0.569. The van der Waals surface area contributed by atoms with Gasteiger partial charge in [0, 0.05) is 0 Å². The van der Waals surface area contributed by atoms with Crippen LogP contribution in [0.25, 0.3) is 0 Å². The van der Waals surface area contributed by atoms with E-state index in [0.29, 0.717) is 5.69 Å². The number of hydrogen-bond acceptors (Lipinski definition) is 3. The van der Waals surface area contributed by atoms with Crippen molar-refractivity contribution in [3.63, 3.8) is 0 Å². The molecule has 3 rings (SSSR count). The lowest BCUT2D eigenvalue weighted by Gasteiger charge is -2.31. The molecule has 0 aromatic heterocycles. The van der Waals surface area contributed by atoms with Gasteiger partial charge < -0.3 is 5.32 Å². The molecule has 1 amide bonds. The molecule has 0 saturated heterocycles. The lowest BCUT2D eigenvalue weighted by molar-refractivity contribution is -0.122. The topological polar surface area (TPSA) is 66.5 Å². The third-order valence-corrected chi connectivity index (χ3v) is 6.84. The van der Waals surface area contributed by atoms with Crippen LogP contribution in [0.15, 0.2) is 72.8 Å². The minimum Gasteiger partial charge on any atom is -0.343 e. The summed E-state index contributed by atoms with van der Waals surface area (Å²) in [6, 6.07) is 21.8. The maximum atomic E-state index is 13.5. The number of nitrogens with zero attached hydrogens (tertiary/aromatic N) is 1. The summed E-state index contributed by atoms with van der Waals surface area (Å²) in [4.78, 5) is 13.5. The highest BCUT2D eigenvalue weighted by molar-refractivity contribution is 7.92. The highest BCUT2D eigenvalue weighted by Crippen LogP contribution is 2.28. The van der Waals surface area contributed by atoms with Crippen LogP contribution >= 0.6 is 0 Å². The molecule has 0 radical (unpaired) electrons. The summed E-state index contributed by atoms with van der Waals surface area (Å²) in [7, 11) is -3.70. The van der Waals surface area contributed by atoms with E-state index in [2.05, 4.69) is 5.32 Å². The maximum absolute atomic E-state index is 13.5. The maximum Gasteiger partial charge on any atom is 0.244 e. The molecule has 0 saturated carbocycles. The number of carbonyl (C=O) groups excluding carboxylic acids is 1. The number of rotatable bonds is 7. The molecule has 3 aromatic rings. The van der Waals surface area contributed by atoms with Crippen LogP contribution in [-0.2, 0) is 14.8 Å². The van der Waals surface area contributed by atoms with E-state index in [1.54, 1.807) is 13.0 Å². The zero-order valence-corrected chi connectivity index (χ0v) is 20.0. The van der Waals surface area contributed by atoms with Gasteiger partial charge in [-0.1, -0.05) is 66.7 Å². The average Bonchev–Trinajstić information content (AvgIpc) is 2.74. The van der Waals surface area contributed by atoms with Crippen molar-refractivity contribution in [2.75, 3.05) is 10.6 Å². The van der Waals surface area contributed by atoms with Crippen molar-refractivity contribution in [2.24, 2.45) is 0 Å². The van der Waals surface area contributed by atoms with Crippen molar-refractivity contribution < 1.29 is 13.2 Å². The number of aryl methyl sites for hydroxylation is 3. The van der Waals surface area contributed by atoms with Gasteiger partial charge in [0.2, 0.25) is 15.9 Å². The van der Waals surface area contributed by atoms with Crippen LogP contribution < -0.4 is 9.62 Å². The van der Waals surface area contributed by atoms with Gasteiger partial charge in [-0.2, -0.15) is 0 Å². The van der Waals surface area contributed by atoms with E-state index in [4.69, 9.17) is 0 Å². The minimum absolute atomic E-state index is 0.367. The summed E-state index contributed by atoms with van der Waals surface area (Å²) in [6.45, 7) is 7.37. The molecule has 168 valence electrons. The first-order valence-electron chi connectivity index (χ1n) is 10.6. The summed E-state index contributed by atoms with van der Waals surface area (Å²) >= 11 is 0. The summed E-state index contributed by atoms with van der Waals surface area (Å²) in [6.07, 6.45) is 1.13. The monoisotopic (exact) mass is 450 g/mol. The van der Waals surface area contributed by atoms with Gasteiger partial charge in [-0.25, -0.2) is 8.42 Å². The van der Waals surface area contributed by atoms with Crippen LogP contribution in [0.5, 0.6) is 0 Å². The van der Waals surface area contributed by atoms with Crippen molar-refractivity contribution in [2.45, 2.75) is 39.8 Å². The Morgan fingerprint density at radius 2 is 1.50 bits per heavy atom. The van der Waals surface area contributed by atoms with E-state index in [0.717, 1.165) is 34.1 Å². The first-order chi connectivity index (χ1) is 15.1. The van der Waals surface area contributed by atoms with E-state index in [9.17, 15) is 13.2 Å². The second-order valence-corrected chi connectivity index (χ2v) is 10.1. The van der Waals surface area contributed by atoms with E-state index in [-0.39, 0.29) is 5.91 Å². The second kappa shape index (κ2) is 9.57. The first-order valence-corrected chi connectivity index (χ1v) is 12.4. The number of amides is 1. The summed E-state index contributed by atoms with van der Waals surface area (Å²) in [5, 5.41) is 3.10. The van der Waals surface area contributed by atoms with E-state index >= 15 is 0 Å². The van der Waals surface area contributed by atoms with E-state index in [1.165, 1.54) is 4.31 Å². The summed E-state index contributed by atoms with van der Waals surface area (Å²) < 4.78 is 26.7. The lowest BCUT2D eigenvalue weighted by Crippen LogP contribution is -2.49. The molecule has 5 nitrogen and oxygen atoms in total. The molecule has 1 N–H and O–H groups in total. The fourth-order valence-electron chi connectivity index (χ4n) is 3.90. The fourth-order valence-corrected chi connectivity index (χ4v) is 5.12. The Morgan fingerprint density at radius 1 is 0.875 bits per heavy atom. The van der Waals surface area contributed by atoms with E-state index in [1.807, 2.05) is 87.5 Å². The molecule has 0 aliphatic heterocycles. The largest absolute Gasteiger partial charge is 0.343 e. The van der Waals surface area contributed by atoms with Crippen LogP contribution in [0.2, 0.25) is 0 Å². The summed E-state index contributed by atoms with van der Waals surface area (Å²) in [5.74, 6) is -0.367. The molecule has 0 aliphatic rings. The van der Waals surface area contributed by atoms with Crippen molar-refractivity contribution in [3.8, 4) is 0 Å². The molecule has 0 bridgehead atoms. The van der Waals surface area contributed by atoms with Crippen molar-refractivity contribution in [3.05, 3.63) is 101 Å². The smallest absolute Gasteiger partial charge is 0.244 e. The van der Waals surface area contributed by atoms with Crippen molar-refractivity contribution in [1.29, 1.82) is 0 Å². The number of hydrogen-bond donors (Lipinski definition) is 1. The Balaban J connectivity index is 2.01. The molecule has 6 heteroatoms. The normalized spacial score (nSPS) is 13.3. The Hall–Kier alpha value is -3.12. The molecule has 0 heterocycles. The Labute approximate surface area is 191 Å². The van der Waals surface area contributed by atoms with Gasteiger partial charge >= 0.3 is 0 Å². The van der Waals surface area contributed by atoms with Gasteiger partial charge in [0.1, 0.15) is 6.04 Å². The van der Waals surface area contributed by atoms with Crippen LogP contribution in [0.1, 0.15) is 40.8 Å². The van der Waals surface area contributed by atoms with E-state index < -0.39 is 22.1 Å². The zero-order valence-electron chi connectivity index (χ0n) is 19.2. The highest BCUT2D eigenvalue weighted by Gasteiger charge is 2.32. The molecule has 0 spiro atoms. The van der Waals surface area contributed by atoms with Crippen LogP contribution in [0, 0.1) is 20.8 Å². The molecular weight excluding hydrogens is 420 g/mol. The highest BCUT2D eigenvalue weighted by atomic mass is 32.2. The Kier molecular flexibility index (Phi) is 7.04. The predicted octanol–water partition coefficient (Wildman–Crippen LogP) is 4.67. The Morgan fingerprint density at radius 3 is 2.12 bits per heavy atom. The standard InChI is InChI=1S/C26H30N2O3S/c1-18-15-16-20(3)24(17-18)28(32(5,30)31)21(4)26(29)27-25(22-12-7-6-8-13-22)23-14-10-9-11-19(23)2/h6-17,21,25H,1-5H3,(H,27,29)/t21-,25-/m0/s1. The molecule has 32 heavy (non-hydrogen) atoms. The number of benzene rings is 3. The molecule has 0 aliphatic carbocycles. The van der Waals surface area contributed by atoms with Crippen LogP contribution in [0.4, 0.5) is 5.69 Å². The van der Waals surface area contributed by atoms with Gasteiger partial charge in [0.15, 0.2) is 0 Å². The van der Waals surface area contributed by atoms with Crippen LogP contribution in [0.3, 0.4) is 0 Å². The second-order valence-electron chi connectivity index (χ2n) is 8.23. The van der Waals surface area contributed by atoms with Gasteiger partial charge in [0.25, 0.3) is 0 Å². The summed E-state index contributed by atoms with van der Waals surface area (Å²) in [5.41, 5.74) is 5.18. The van der Waals surface area contributed by atoms with Crippen molar-refractivity contribution in [1.82, 2.24) is 5.32 Å². The first kappa shape index (κ1) is 23.5. The number of anilines is 1. The number of sulfonamides is 1. The van der Waals surface area contributed by atoms with Gasteiger partial charge in [-0.15, -0.1) is 0 Å². The third-order valence-electron chi connectivity index (χ3n) is 5.61. The minimum atomic E-state index is -3.70. The van der Waals surface area contributed by atoms with Gasteiger partial charge in [0.05, 0.1) is 18.0 Å². The fraction of sp³-hybridized carbons (Fsp3) is 0.269. The van der Waals surface area contributed by atoms with Crippen LogP contribution in [-0.4, -0.2) is 26.6 Å². The average molecular weight is 451 g/mol. The predicted molar refractivity (Wildman–Crippen MR) is 130 cm³/mol. The SMILES string of the molecule is Cc1ccc(C)c(N([C@@H](C)C(=O)N[C@@H](c2ccccc2)c2ccccc2C)S(C)(=O)=O)c1. The third kappa shape index (κ3) is 5.19. The molecule has 2 atom stereocenters.